The van der Waals surface area contributed by atoms with E-state index in [0.29, 0.717) is 29.7 Å². The minimum atomic E-state index is -4.28. The number of amidine groups is 1. The topological polar surface area (TPSA) is 98.7 Å². The molecule has 8 heteroatoms. The second kappa shape index (κ2) is 9.81. The summed E-state index contributed by atoms with van der Waals surface area (Å²) < 4.78 is 10.5. The molecule has 1 unspecified atom stereocenters. The average Bonchev–Trinajstić information content (AvgIpc) is 2.51. The number of aliphatic imine (C=N–C) groups is 1. The molecule has 0 aliphatic heterocycles. The zero-order valence-corrected chi connectivity index (χ0v) is 14.6. The first-order valence-corrected chi connectivity index (χ1v) is 9.11. The van der Waals surface area contributed by atoms with Crippen LogP contribution in [0.5, 0.6) is 0 Å². The van der Waals surface area contributed by atoms with Gasteiger partial charge in [0.25, 0.3) is 0 Å². The van der Waals surface area contributed by atoms with E-state index in [9.17, 15) is 9.46 Å². The summed E-state index contributed by atoms with van der Waals surface area (Å²) in [5, 5.41) is 0. The minimum Gasteiger partial charge on any atom is -0.770 e. The Kier molecular flexibility index (Phi) is 10.3. The molecule has 1 fully saturated rings. The molecule has 5 nitrogen and oxygen atoms in total. The van der Waals surface area contributed by atoms with Crippen molar-refractivity contribution in [3.05, 3.63) is 0 Å². The van der Waals surface area contributed by atoms with Crippen LogP contribution in [0.15, 0.2) is 4.99 Å². The van der Waals surface area contributed by atoms with E-state index in [1.54, 1.807) is 0 Å². The molecule has 0 aromatic carbocycles. The molecule has 0 spiro atoms. The molecule has 0 aromatic rings. The van der Waals surface area contributed by atoms with E-state index < -0.39 is 6.80 Å². The second-order valence-electron chi connectivity index (χ2n) is 4.43. The third kappa shape index (κ3) is 9.84. The smallest absolute Gasteiger partial charge is 0.770 e. The van der Waals surface area contributed by atoms with Crippen LogP contribution in [0.1, 0.15) is 38.5 Å². The van der Waals surface area contributed by atoms with Gasteiger partial charge >= 0.3 is 29.6 Å². The number of nitrogens with zero attached hydrogens (tertiary/aromatic N) is 1. The van der Waals surface area contributed by atoms with Crippen molar-refractivity contribution in [1.29, 1.82) is 0 Å². The van der Waals surface area contributed by atoms with E-state index in [1.807, 2.05) is 0 Å². The van der Waals surface area contributed by atoms with Crippen LogP contribution >= 0.6 is 18.2 Å². The molecule has 0 heterocycles. The Bertz CT molecular complexity index is 303. The van der Waals surface area contributed by atoms with E-state index in [0.717, 1.165) is 0 Å². The quantitative estimate of drug-likeness (QED) is 0.212. The summed E-state index contributed by atoms with van der Waals surface area (Å²) in [4.78, 5) is 23.3. The van der Waals surface area contributed by atoms with Crippen LogP contribution in [0.25, 0.3) is 0 Å². The SMILES string of the molecule is NC(CSP(=O)([O-])O)=NCC1CCCCCC1.[Na+]. The Morgan fingerprint density at radius 2 is 1.94 bits per heavy atom. The molecule has 18 heavy (non-hydrogen) atoms. The predicted molar refractivity (Wildman–Crippen MR) is 70.0 cm³/mol. The van der Waals surface area contributed by atoms with Gasteiger partial charge in [0.2, 0.25) is 0 Å². The van der Waals surface area contributed by atoms with Gasteiger partial charge in [0, 0.05) is 6.54 Å². The van der Waals surface area contributed by atoms with Crippen molar-refractivity contribution in [1.82, 2.24) is 0 Å². The van der Waals surface area contributed by atoms with Gasteiger partial charge in [0.15, 0.2) is 6.80 Å². The van der Waals surface area contributed by atoms with Crippen LogP contribution in [-0.2, 0) is 4.57 Å². The zero-order valence-electron chi connectivity index (χ0n) is 10.9. The molecule has 0 saturated heterocycles. The summed E-state index contributed by atoms with van der Waals surface area (Å²) in [6.45, 7) is -3.60. The molecule has 1 rings (SSSR count). The van der Waals surface area contributed by atoms with Crippen molar-refractivity contribution in [2.45, 2.75) is 38.5 Å². The van der Waals surface area contributed by atoms with Gasteiger partial charge in [-0.05, 0) is 18.8 Å². The average molecular weight is 302 g/mol. The van der Waals surface area contributed by atoms with Gasteiger partial charge in [0.1, 0.15) is 5.84 Å². The summed E-state index contributed by atoms with van der Waals surface area (Å²) >= 11 is 0.432. The van der Waals surface area contributed by atoms with Crippen molar-refractivity contribution >= 4 is 24.0 Å². The molecule has 1 aliphatic carbocycles. The first-order valence-electron chi connectivity index (χ1n) is 5.94. The van der Waals surface area contributed by atoms with Crippen LogP contribution in [-0.4, -0.2) is 23.0 Å². The van der Waals surface area contributed by atoms with E-state index in [2.05, 4.69) is 4.99 Å². The van der Waals surface area contributed by atoms with Crippen LogP contribution < -0.4 is 40.2 Å². The van der Waals surface area contributed by atoms with Gasteiger partial charge in [0.05, 0.1) is 5.75 Å². The first-order chi connectivity index (χ1) is 7.97. The van der Waals surface area contributed by atoms with Crippen LogP contribution in [0.4, 0.5) is 0 Å². The Labute approximate surface area is 135 Å². The Hall–Kier alpha value is 0.970. The summed E-state index contributed by atoms with van der Waals surface area (Å²) in [6, 6.07) is 0. The maximum Gasteiger partial charge on any atom is 1.00 e. The maximum absolute atomic E-state index is 10.5. The molecule has 100 valence electrons. The fourth-order valence-electron chi connectivity index (χ4n) is 1.99. The van der Waals surface area contributed by atoms with E-state index in [1.165, 1.54) is 38.5 Å². The Morgan fingerprint density at radius 1 is 1.39 bits per heavy atom. The molecule has 1 saturated carbocycles. The number of nitrogens with two attached hydrogens (primary N) is 1. The van der Waals surface area contributed by atoms with E-state index in [4.69, 9.17) is 10.6 Å². The Balaban J connectivity index is 0.00000289. The molecular formula is C10H20N2NaO3PS. The summed E-state index contributed by atoms with van der Waals surface area (Å²) in [7, 11) is 0. The van der Waals surface area contributed by atoms with Crippen LogP contribution in [0, 0.1) is 5.92 Å². The van der Waals surface area contributed by atoms with Gasteiger partial charge in [-0.2, -0.15) is 0 Å². The van der Waals surface area contributed by atoms with Crippen molar-refractivity contribution < 1.29 is 43.9 Å². The maximum atomic E-state index is 10.5. The molecule has 0 radical (unpaired) electrons. The molecule has 0 bridgehead atoms. The summed E-state index contributed by atoms with van der Waals surface area (Å²) in [5.74, 6) is 0.919. The van der Waals surface area contributed by atoms with Gasteiger partial charge in [-0.25, -0.2) is 0 Å². The monoisotopic (exact) mass is 302 g/mol. The molecule has 1 atom stereocenters. The third-order valence-electron chi connectivity index (χ3n) is 2.90. The third-order valence-corrected chi connectivity index (χ3v) is 5.02. The summed E-state index contributed by atoms with van der Waals surface area (Å²) in [5.41, 5.74) is 5.60. The standard InChI is InChI=1S/C10H21N2O3PS.Na/c11-10(8-17-16(13,14)15)12-7-9-5-3-1-2-4-6-9;/h9H,1-8H2,(H2,11,12)(H2,13,14,15);/q;+1/p-1. The normalized spacial score (nSPS) is 21.8. The zero-order chi connectivity index (χ0) is 12.7. The molecule has 0 aromatic heterocycles. The predicted octanol–water partition coefficient (Wildman–Crippen LogP) is -1.49. The second-order valence-corrected chi connectivity index (χ2v) is 8.07. The minimum absolute atomic E-state index is 0. The molecule has 1 aliphatic rings. The van der Waals surface area contributed by atoms with Crippen molar-refractivity contribution in [2.24, 2.45) is 16.6 Å². The molecule has 3 N–H and O–H groups in total. The van der Waals surface area contributed by atoms with Crippen molar-refractivity contribution in [2.75, 3.05) is 12.3 Å². The van der Waals surface area contributed by atoms with Crippen LogP contribution in [0.3, 0.4) is 0 Å². The molecule has 0 amide bonds. The van der Waals surface area contributed by atoms with Gasteiger partial charge < -0.3 is 15.5 Å². The van der Waals surface area contributed by atoms with Crippen molar-refractivity contribution in [3.8, 4) is 0 Å². The van der Waals surface area contributed by atoms with Gasteiger partial charge in [-0.1, -0.05) is 37.1 Å². The fourth-order valence-corrected chi connectivity index (χ4v) is 3.26. The Morgan fingerprint density at radius 3 is 2.44 bits per heavy atom. The van der Waals surface area contributed by atoms with E-state index >= 15 is 0 Å². The van der Waals surface area contributed by atoms with E-state index in [-0.39, 0.29) is 35.3 Å². The van der Waals surface area contributed by atoms with Gasteiger partial charge in [-0.15, -0.1) is 0 Å². The van der Waals surface area contributed by atoms with Crippen molar-refractivity contribution in [3.63, 3.8) is 0 Å². The number of hydrogen-bond donors (Lipinski definition) is 2. The molecular weight excluding hydrogens is 282 g/mol. The van der Waals surface area contributed by atoms with Crippen LogP contribution in [0.2, 0.25) is 0 Å². The largest absolute Gasteiger partial charge is 1.00 e. The first kappa shape index (κ1) is 19.0. The number of rotatable bonds is 5. The number of hydrogen-bond acceptors (Lipinski definition) is 4. The summed E-state index contributed by atoms with van der Waals surface area (Å²) in [6.07, 6.45) is 7.47. The fraction of sp³-hybridized carbons (Fsp3) is 0.900. The van der Waals surface area contributed by atoms with Gasteiger partial charge in [-0.3, -0.25) is 9.56 Å².